The minimum absolute atomic E-state index is 0.0793. The number of halogens is 1. The zero-order chi connectivity index (χ0) is 27.0. The molecule has 0 aliphatic heterocycles. The molecule has 9 heteroatoms. The molecule has 7 nitrogen and oxygen atoms in total. The molecule has 0 aliphatic rings. The average molecular weight is 587 g/mol. The molecule has 196 valence electrons. The molecular weight excluding hydrogens is 554 g/mol. The number of nitrogens with zero attached hydrogens (tertiary/aromatic N) is 2. The number of nitrogens with one attached hydrogen (secondary N) is 1. The van der Waals surface area contributed by atoms with E-state index in [9.17, 15) is 18.0 Å². The van der Waals surface area contributed by atoms with Gasteiger partial charge in [0.2, 0.25) is 11.8 Å². The Kier molecular flexibility index (Phi) is 9.88. The van der Waals surface area contributed by atoms with Gasteiger partial charge in [-0.05, 0) is 62.2 Å². The summed E-state index contributed by atoms with van der Waals surface area (Å²) in [4.78, 5) is 28.2. The zero-order valence-corrected chi connectivity index (χ0v) is 23.6. The molecule has 0 bridgehead atoms. The minimum atomic E-state index is -4.06. The third-order valence-electron chi connectivity index (χ3n) is 5.89. The molecule has 0 unspecified atom stereocenters. The van der Waals surface area contributed by atoms with Crippen LogP contribution in [0.4, 0.5) is 5.69 Å². The van der Waals surface area contributed by atoms with E-state index in [0.29, 0.717) is 12.2 Å². The van der Waals surface area contributed by atoms with E-state index >= 15 is 0 Å². The van der Waals surface area contributed by atoms with Crippen molar-refractivity contribution in [2.75, 3.05) is 17.4 Å². The van der Waals surface area contributed by atoms with Crippen LogP contribution in [0.25, 0.3) is 0 Å². The molecule has 3 aromatic rings. The Bertz CT molecular complexity index is 1310. The number of hydrogen-bond donors (Lipinski definition) is 1. The van der Waals surface area contributed by atoms with Crippen molar-refractivity contribution in [1.29, 1.82) is 0 Å². The quantitative estimate of drug-likeness (QED) is 0.347. The van der Waals surface area contributed by atoms with Crippen LogP contribution < -0.4 is 9.62 Å². The standard InChI is InChI=1S/C28H32BrN3O4S/c1-4-17-30-28(34)22(3)31(19-23-9-8-10-24(29)18-23)27(33)20-32(25-15-13-21(2)14-16-25)37(35,36)26-11-6-5-7-12-26/h5-16,18,22H,4,17,19-20H2,1-3H3,(H,30,34)/t22-/m0/s1. The monoisotopic (exact) mass is 585 g/mol. The Morgan fingerprint density at radius 1 is 0.973 bits per heavy atom. The third kappa shape index (κ3) is 7.42. The topological polar surface area (TPSA) is 86.8 Å². The molecule has 1 N–H and O–H groups in total. The van der Waals surface area contributed by atoms with Crippen LogP contribution in [-0.2, 0) is 26.2 Å². The van der Waals surface area contributed by atoms with Gasteiger partial charge >= 0.3 is 0 Å². The summed E-state index contributed by atoms with van der Waals surface area (Å²) in [5, 5.41) is 2.84. The van der Waals surface area contributed by atoms with Gasteiger partial charge in [0.1, 0.15) is 12.6 Å². The van der Waals surface area contributed by atoms with Crippen molar-refractivity contribution in [3.05, 3.63) is 94.5 Å². The van der Waals surface area contributed by atoms with Gasteiger partial charge in [-0.15, -0.1) is 0 Å². The molecule has 37 heavy (non-hydrogen) atoms. The third-order valence-corrected chi connectivity index (χ3v) is 8.17. The Hall–Kier alpha value is -3.17. The predicted octanol–water partition coefficient (Wildman–Crippen LogP) is 4.90. The van der Waals surface area contributed by atoms with Crippen LogP contribution in [0.5, 0.6) is 0 Å². The lowest BCUT2D eigenvalue weighted by Crippen LogP contribution is -2.51. The van der Waals surface area contributed by atoms with Crippen LogP contribution in [0.3, 0.4) is 0 Å². The van der Waals surface area contributed by atoms with Crippen LogP contribution in [0.15, 0.2) is 88.2 Å². The Morgan fingerprint density at radius 3 is 2.27 bits per heavy atom. The average Bonchev–Trinajstić information content (AvgIpc) is 2.89. The fourth-order valence-corrected chi connectivity index (χ4v) is 5.65. The molecule has 0 fully saturated rings. The number of carbonyl (C=O) groups is 2. The van der Waals surface area contributed by atoms with Gasteiger partial charge in [0.05, 0.1) is 10.6 Å². The summed E-state index contributed by atoms with van der Waals surface area (Å²) in [5.74, 6) is -0.780. The first kappa shape index (κ1) is 28.4. The number of amides is 2. The highest BCUT2D eigenvalue weighted by Crippen LogP contribution is 2.25. The summed E-state index contributed by atoms with van der Waals surface area (Å²) < 4.78 is 29.3. The van der Waals surface area contributed by atoms with Gasteiger partial charge in [0.25, 0.3) is 10.0 Å². The summed E-state index contributed by atoms with van der Waals surface area (Å²) in [6.07, 6.45) is 0.758. The van der Waals surface area contributed by atoms with Crippen molar-refractivity contribution in [2.45, 2.75) is 44.7 Å². The van der Waals surface area contributed by atoms with Crippen LogP contribution in [-0.4, -0.2) is 44.3 Å². The number of anilines is 1. The van der Waals surface area contributed by atoms with E-state index in [0.717, 1.165) is 26.3 Å². The fraction of sp³-hybridized carbons (Fsp3) is 0.286. The van der Waals surface area contributed by atoms with Gasteiger partial charge in [0.15, 0.2) is 0 Å². The molecule has 0 spiro atoms. The molecule has 0 aromatic heterocycles. The molecule has 3 aromatic carbocycles. The molecule has 0 aliphatic carbocycles. The number of hydrogen-bond acceptors (Lipinski definition) is 4. The number of sulfonamides is 1. The van der Waals surface area contributed by atoms with Gasteiger partial charge in [-0.25, -0.2) is 8.42 Å². The number of carbonyl (C=O) groups excluding carboxylic acids is 2. The minimum Gasteiger partial charge on any atom is -0.354 e. The number of aryl methyl sites for hydroxylation is 1. The molecular formula is C28H32BrN3O4S. The van der Waals surface area contributed by atoms with Gasteiger partial charge in [-0.3, -0.25) is 13.9 Å². The summed E-state index contributed by atoms with van der Waals surface area (Å²) in [6.45, 7) is 5.68. The van der Waals surface area contributed by atoms with E-state index in [1.54, 1.807) is 49.4 Å². The van der Waals surface area contributed by atoms with Crippen molar-refractivity contribution in [1.82, 2.24) is 10.2 Å². The second-order valence-electron chi connectivity index (χ2n) is 8.78. The van der Waals surface area contributed by atoms with E-state index in [1.165, 1.54) is 17.0 Å². The number of benzene rings is 3. The molecule has 0 radical (unpaired) electrons. The molecule has 0 heterocycles. The van der Waals surface area contributed by atoms with Crippen molar-refractivity contribution < 1.29 is 18.0 Å². The van der Waals surface area contributed by atoms with Crippen LogP contribution in [0, 0.1) is 6.92 Å². The lowest BCUT2D eigenvalue weighted by molar-refractivity contribution is -0.139. The van der Waals surface area contributed by atoms with E-state index < -0.39 is 28.5 Å². The molecule has 0 saturated heterocycles. The Morgan fingerprint density at radius 2 is 1.65 bits per heavy atom. The fourth-order valence-electron chi connectivity index (χ4n) is 3.77. The molecule has 3 rings (SSSR count). The predicted molar refractivity (Wildman–Crippen MR) is 150 cm³/mol. The summed E-state index contributed by atoms with van der Waals surface area (Å²) in [6, 6.07) is 21.6. The molecule has 0 saturated carbocycles. The maximum atomic E-state index is 13.8. The lowest BCUT2D eigenvalue weighted by atomic mass is 10.1. The first-order chi connectivity index (χ1) is 17.6. The SMILES string of the molecule is CCCNC(=O)[C@H](C)N(Cc1cccc(Br)c1)C(=O)CN(c1ccc(C)cc1)S(=O)(=O)c1ccccc1. The second kappa shape index (κ2) is 12.9. The van der Waals surface area contributed by atoms with E-state index in [4.69, 9.17) is 0 Å². The van der Waals surface area contributed by atoms with E-state index in [2.05, 4.69) is 21.2 Å². The summed E-state index contributed by atoms with van der Waals surface area (Å²) in [7, 11) is -4.06. The first-order valence-corrected chi connectivity index (χ1v) is 14.3. The van der Waals surface area contributed by atoms with Crippen LogP contribution in [0.2, 0.25) is 0 Å². The van der Waals surface area contributed by atoms with E-state index in [-0.39, 0.29) is 17.3 Å². The highest BCUT2D eigenvalue weighted by molar-refractivity contribution is 9.10. The van der Waals surface area contributed by atoms with Crippen LogP contribution >= 0.6 is 15.9 Å². The maximum Gasteiger partial charge on any atom is 0.264 e. The van der Waals surface area contributed by atoms with Crippen LogP contribution in [0.1, 0.15) is 31.4 Å². The van der Waals surface area contributed by atoms with Crippen molar-refractivity contribution in [3.8, 4) is 0 Å². The zero-order valence-electron chi connectivity index (χ0n) is 21.2. The smallest absolute Gasteiger partial charge is 0.264 e. The Labute approximate surface area is 227 Å². The van der Waals surface area contributed by atoms with Crippen molar-refractivity contribution >= 4 is 43.5 Å². The first-order valence-electron chi connectivity index (χ1n) is 12.1. The molecule has 1 atom stereocenters. The van der Waals surface area contributed by atoms with Crippen molar-refractivity contribution in [3.63, 3.8) is 0 Å². The Balaban J connectivity index is 2.00. The van der Waals surface area contributed by atoms with Gasteiger partial charge in [-0.1, -0.05) is 70.9 Å². The highest BCUT2D eigenvalue weighted by atomic mass is 79.9. The van der Waals surface area contributed by atoms with Crippen molar-refractivity contribution in [2.24, 2.45) is 0 Å². The maximum absolute atomic E-state index is 13.8. The van der Waals surface area contributed by atoms with Gasteiger partial charge in [0, 0.05) is 17.6 Å². The largest absolute Gasteiger partial charge is 0.354 e. The van der Waals surface area contributed by atoms with Gasteiger partial charge < -0.3 is 10.2 Å². The summed E-state index contributed by atoms with van der Waals surface area (Å²) >= 11 is 3.45. The van der Waals surface area contributed by atoms with E-state index in [1.807, 2.05) is 38.1 Å². The number of rotatable bonds is 11. The highest BCUT2D eigenvalue weighted by Gasteiger charge is 2.32. The normalized spacial score (nSPS) is 12.0. The van der Waals surface area contributed by atoms with Gasteiger partial charge in [-0.2, -0.15) is 0 Å². The summed E-state index contributed by atoms with van der Waals surface area (Å²) in [5.41, 5.74) is 2.14. The lowest BCUT2D eigenvalue weighted by Gasteiger charge is -2.32. The second-order valence-corrected chi connectivity index (χ2v) is 11.6. The molecule has 2 amide bonds.